The molecule has 0 radical (unpaired) electrons. The van der Waals surface area contributed by atoms with Gasteiger partial charge in [0.2, 0.25) is 0 Å². The molecule has 6 nitrogen and oxygen atoms in total. The van der Waals surface area contributed by atoms with Crippen molar-refractivity contribution in [2.24, 2.45) is 7.05 Å². The zero-order valence-electron chi connectivity index (χ0n) is 9.89. The number of anilines is 1. The van der Waals surface area contributed by atoms with Crippen LogP contribution in [0.1, 0.15) is 25.7 Å². The fourth-order valence-corrected chi connectivity index (χ4v) is 2.04. The summed E-state index contributed by atoms with van der Waals surface area (Å²) in [5.41, 5.74) is 0. The number of carbonyl (C=O) groups is 1. The average molecular weight is 238 g/mol. The van der Waals surface area contributed by atoms with Gasteiger partial charge in [-0.3, -0.25) is 10.00 Å². The number of nitrogens with zero attached hydrogens (tertiary/aromatic N) is 2. The van der Waals surface area contributed by atoms with Gasteiger partial charge in [0.25, 0.3) is 0 Å². The molecular weight excluding hydrogens is 220 g/mol. The van der Waals surface area contributed by atoms with Crippen LogP contribution in [-0.2, 0) is 7.05 Å². The molecule has 3 N–H and O–H groups in total. The molecule has 0 bridgehead atoms. The zero-order chi connectivity index (χ0) is 12.3. The minimum atomic E-state index is -0.231. The first kappa shape index (κ1) is 11.9. The van der Waals surface area contributed by atoms with Gasteiger partial charge in [0, 0.05) is 25.4 Å². The van der Waals surface area contributed by atoms with Crippen LogP contribution < -0.4 is 10.6 Å². The number of nitrogens with one attached hydrogen (secondary N) is 2. The molecule has 1 saturated carbocycles. The van der Waals surface area contributed by atoms with Crippen LogP contribution >= 0.6 is 0 Å². The van der Waals surface area contributed by atoms with Gasteiger partial charge in [-0.25, -0.2) is 4.79 Å². The average Bonchev–Trinajstić information content (AvgIpc) is 2.67. The smallest absolute Gasteiger partial charge is 0.320 e. The molecule has 1 aromatic rings. The highest BCUT2D eigenvalue weighted by atomic mass is 16.3. The van der Waals surface area contributed by atoms with Gasteiger partial charge in [0.05, 0.1) is 6.10 Å². The maximum Gasteiger partial charge on any atom is 0.320 e. The molecule has 1 aliphatic rings. The van der Waals surface area contributed by atoms with Crippen molar-refractivity contribution in [1.82, 2.24) is 15.1 Å². The molecule has 1 aromatic heterocycles. The van der Waals surface area contributed by atoms with E-state index in [1.165, 1.54) is 0 Å². The van der Waals surface area contributed by atoms with E-state index in [-0.39, 0.29) is 18.2 Å². The Labute approximate surface area is 100 Å². The van der Waals surface area contributed by atoms with Crippen molar-refractivity contribution in [3.8, 4) is 0 Å². The minimum absolute atomic E-state index is 0.155. The number of aryl methyl sites for hydroxylation is 1. The summed E-state index contributed by atoms with van der Waals surface area (Å²) in [6.45, 7) is 0. The normalized spacial score (nSPS) is 24.4. The van der Waals surface area contributed by atoms with E-state index in [2.05, 4.69) is 15.7 Å². The predicted octanol–water partition coefficient (Wildman–Crippen LogP) is 0.845. The molecule has 1 fully saturated rings. The third-order valence-corrected chi connectivity index (χ3v) is 2.99. The van der Waals surface area contributed by atoms with E-state index in [0.29, 0.717) is 5.82 Å². The van der Waals surface area contributed by atoms with Crippen LogP contribution in [0.5, 0.6) is 0 Å². The first-order valence-corrected chi connectivity index (χ1v) is 5.89. The second-order valence-electron chi connectivity index (χ2n) is 4.48. The van der Waals surface area contributed by atoms with E-state index in [1.807, 2.05) is 0 Å². The van der Waals surface area contributed by atoms with Gasteiger partial charge in [-0.15, -0.1) is 0 Å². The van der Waals surface area contributed by atoms with Crippen LogP contribution in [0.25, 0.3) is 0 Å². The van der Waals surface area contributed by atoms with Gasteiger partial charge < -0.3 is 10.4 Å². The number of urea groups is 1. The third kappa shape index (κ3) is 3.45. The van der Waals surface area contributed by atoms with Crippen LogP contribution in [0, 0.1) is 0 Å². The van der Waals surface area contributed by atoms with Gasteiger partial charge in [-0.05, 0) is 25.7 Å². The standard InChI is InChI=1S/C11H18N4O2/c1-15-7-6-10(14-15)13-11(17)12-8-2-4-9(16)5-3-8/h6-9,16H,2-5H2,1H3,(H2,12,13,14,17). The van der Waals surface area contributed by atoms with Crippen LogP contribution in [-0.4, -0.2) is 33.1 Å². The lowest BCUT2D eigenvalue weighted by Crippen LogP contribution is -2.40. The Balaban J connectivity index is 1.77. The Morgan fingerprint density at radius 3 is 2.76 bits per heavy atom. The monoisotopic (exact) mass is 238 g/mol. The van der Waals surface area contributed by atoms with Gasteiger partial charge in [0.15, 0.2) is 5.82 Å². The third-order valence-electron chi connectivity index (χ3n) is 2.99. The fourth-order valence-electron chi connectivity index (χ4n) is 2.04. The molecule has 0 atom stereocenters. The summed E-state index contributed by atoms with van der Waals surface area (Å²) in [5.74, 6) is 0.542. The highest BCUT2D eigenvalue weighted by Gasteiger charge is 2.20. The van der Waals surface area contributed by atoms with E-state index in [9.17, 15) is 9.90 Å². The predicted molar refractivity (Wildman–Crippen MR) is 63.6 cm³/mol. The van der Waals surface area contributed by atoms with Crippen LogP contribution in [0.2, 0.25) is 0 Å². The Morgan fingerprint density at radius 2 is 2.18 bits per heavy atom. The van der Waals surface area contributed by atoms with Crippen molar-refractivity contribution >= 4 is 11.8 Å². The SMILES string of the molecule is Cn1ccc(NC(=O)NC2CCC(O)CC2)n1. The number of aliphatic hydroxyl groups is 1. The second kappa shape index (κ2) is 5.18. The van der Waals surface area contributed by atoms with Gasteiger partial charge in [-0.2, -0.15) is 5.10 Å². The van der Waals surface area contributed by atoms with Crippen molar-refractivity contribution in [2.45, 2.75) is 37.8 Å². The van der Waals surface area contributed by atoms with Crippen LogP contribution in [0.15, 0.2) is 12.3 Å². The van der Waals surface area contributed by atoms with E-state index in [0.717, 1.165) is 25.7 Å². The van der Waals surface area contributed by atoms with E-state index in [1.54, 1.807) is 24.0 Å². The number of hydrogen-bond donors (Lipinski definition) is 3. The van der Waals surface area contributed by atoms with Crippen molar-refractivity contribution in [1.29, 1.82) is 0 Å². The summed E-state index contributed by atoms with van der Waals surface area (Å²) < 4.78 is 1.63. The largest absolute Gasteiger partial charge is 0.393 e. The molecule has 0 saturated heterocycles. The summed E-state index contributed by atoms with van der Waals surface area (Å²) in [7, 11) is 1.80. The van der Waals surface area contributed by atoms with Crippen molar-refractivity contribution in [3.05, 3.63) is 12.3 Å². The number of rotatable bonds is 2. The summed E-state index contributed by atoms with van der Waals surface area (Å²) in [4.78, 5) is 11.6. The van der Waals surface area contributed by atoms with Gasteiger partial charge in [0.1, 0.15) is 0 Å². The molecule has 0 unspecified atom stereocenters. The Bertz CT molecular complexity index is 383. The molecular formula is C11H18N4O2. The van der Waals surface area contributed by atoms with Gasteiger partial charge >= 0.3 is 6.03 Å². The maximum absolute atomic E-state index is 11.6. The van der Waals surface area contributed by atoms with E-state index in [4.69, 9.17) is 0 Å². The lowest BCUT2D eigenvalue weighted by atomic mass is 9.93. The van der Waals surface area contributed by atoms with Crippen LogP contribution in [0.4, 0.5) is 10.6 Å². The van der Waals surface area contributed by atoms with Crippen molar-refractivity contribution < 1.29 is 9.90 Å². The number of aliphatic hydroxyl groups excluding tert-OH is 1. The summed E-state index contributed by atoms with van der Waals surface area (Å²) in [5, 5.41) is 19.0. The second-order valence-corrected chi connectivity index (χ2v) is 4.48. The Kier molecular flexibility index (Phi) is 3.63. The van der Waals surface area contributed by atoms with E-state index >= 15 is 0 Å². The molecule has 2 rings (SSSR count). The highest BCUT2D eigenvalue weighted by molar-refractivity contribution is 5.88. The molecule has 6 heteroatoms. The molecule has 17 heavy (non-hydrogen) atoms. The van der Waals surface area contributed by atoms with E-state index < -0.39 is 0 Å². The zero-order valence-corrected chi connectivity index (χ0v) is 9.89. The summed E-state index contributed by atoms with van der Waals surface area (Å²) >= 11 is 0. The summed E-state index contributed by atoms with van der Waals surface area (Å²) in [6, 6.07) is 1.66. The fraction of sp³-hybridized carbons (Fsp3) is 0.636. The molecule has 1 aliphatic carbocycles. The molecule has 0 aliphatic heterocycles. The quantitative estimate of drug-likeness (QED) is 0.714. The van der Waals surface area contributed by atoms with Crippen LogP contribution in [0.3, 0.4) is 0 Å². The maximum atomic E-state index is 11.6. The molecule has 1 heterocycles. The Hall–Kier alpha value is -1.56. The number of hydrogen-bond acceptors (Lipinski definition) is 3. The number of amides is 2. The molecule has 0 aromatic carbocycles. The lowest BCUT2D eigenvalue weighted by molar-refractivity contribution is 0.118. The molecule has 0 spiro atoms. The first-order chi connectivity index (χ1) is 8.13. The highest BCUT2D eigenvalue weighted by Crippen LogP contribution is 2.18. The van der Waals surface area contributed by atoms with Crippen molar-refractivity contribution in [2.75, 3.05) is 5.32 Å². The topological polar surface area (TPSA) is 79.2 Å². The minimum Gasteiger partial charge on any atom is -0.393 e. The van der Waals surface area contributed by atoms with Gasteiger partial charge in [-0.1, -0.05) is 0 Å². The Morgan fingerprint density at radius 1 is 1.47 bits per heavy atom. The van der Waals surface area contributed by atoms with Crippen molar-refractivity contribution in [3.63, 3.8) is 0 Å². The lowest BCUT2D eigenvalue weighted by Gasteiger charge is -2.25. The molecule has 94 valence electrons. The summed E-state index contributed by atoms with van der Waals surface area (Å²) in [6.07, 6.45) is 4.75. The first-order valence-electron chi connectivity index (χ1n) is 5.89. The number of aromatic nitrogens is 2. The number of carbonyl (C=O) groups excluding carboxylic acids is 1. The molecule has 2 amide bonds.